The number of anilines is 1. The molecular weight excluding hydrogens is 391 g/mol. The van der Waals surface area contributed by atoms with Gasteiger partial charge >= 0.3 is 6.18 Å². The van der Waals surface area contributed by atoms with E-state index in [2.05, 4.69) is 20.5 Å². The van der Waals surface area contributed by atoms with E-state index in [0.717, 1.165) is 12.1 Å². The summed E-state index contributed by atoms with van der Waals surface area (Å²) in [6.07, 6.45) is -4.78. The first-order chi connectivity index (χ1) is 13.6. The molecule has 1 aliphatic heterocycles. The van der Waals surface area contributed by atoms with E-state index in [-0.39, 0.29) is 23.3 Å². The number of aryl methyl sites for hydroxylation is 1. The number of hydrogen-bond acceptors (Lipinski definition) is 7. The number of alkyl halides is 3. The van der Waals surface area contributed by atoms with Crippen LogP contribution in [0.15, 0.2) is 18.2 Å². The van der Waals surface area contributed by atoms with Gasteiger partial charge in [0.1, 0.15) is 11.4 Å². The highest BCUT2D eigenvalue weighted by Crippen LogP contribution is 2.36. The molecule has 0 bridgehead atoms. The zero-order chi connectivity index (χ0) is 21.2. The SMILES string of the molecule is CC(=O)NCC1CN(c2nnc(-c3ccc(C(F)(F)F)cc3O)c(C)n2)CCO1. The van der Waals surface area contributed by atoms with Crippen molar-refractivity contribution in [3.05, 3.63) is 29.5 Å². The number of phenols is 1. The average Bonchev–Trinajstić information content (AvgIpc) is 2.66. The summed E-state index contributed by atoms with van der Waals surface area (Å²) >= 11 is 0. The number of aromatic nitrogens is 3. The lowest BCUT2D eigenvalue weighted by atomic mass is 10.1. The fourth-order valence-corrected chi connectivity index (χ4v) is 2.97. The molecule has 0 saturated carbocycles. The molecule has 1 aromatic carbocycles. The summed E-state index contributed by atoms with van der Waals surface area (Å²) < 4.78 is 43.9. The Labute approximate surface area is 164 Å². The monoisotopic (exact) mass is 411 g/mol. The Bertz CT molecular complexity index is 907. The number of ether oxygens (including phenoxy) is 1. The summed E-state index contributed by atoms with van der Waals surface area (Å²) in [6, 6.07) is 2.67. The van der Waals surface area contributed by atoms with Crippen LogP contribution in [-0.4, -0.2) is 58.5 Å². The Morgan fingerprint density at radius 2 is 2.14 bits per heavy atom. The minimum Gasteiger partial charge on any atom is -0.507 e. The van der Waals surface area contributed by atoms with Gasteiger partial charge in [0.05, 0.1) is 24.0 Å². The number of carbonyl (C=O) groups excluding carboxylic acids is 1. The molecule has 1 amide bonds. The molecule has 8 nitrogen and oxygen atoms in total. The van der Waals surface area contributed by atoms with Crippen molar-refractivity contribution in [1.29, 1.82) is 0 Å². The van der Waals surface area contributed by atoms with Crippen molar-refractivity contribution in [2.75, 3.05) is 31.1 Å². The van der Waals surface area contributed by atoms with Crippen molar-refractivity contribution < 1.29 is 27.8 Å². The van der Waals surface area contributed by atoms with E-state index in [1.165, 1.54) is 6.92 Å². The Morgan fingerprint density at radius 3 is 2.76 bits per heavy atom. The van der Waals surface area contributed by atoms with Crippen LogP contribution in [0, 0.1) is 6.92 Å². The summed E-state index contributed by atoms with van der Waals surface area (Å²) in [4.78, 5) is 17.3. The van der Waals surface area contributed by atoms with Crippen molar-refractivity contribution in [3.8, 4) is 17.0 Å². The second-order valence-electron chi connectivity index (χ2n) is 6.65. The Morgan fingerprint density at radius 1 is 1.38 bits per heavy atom. The Balaban J connectivity index is 1.79. The molecule has 29 heavy (non-hydrogen) atoms. The van der Waals surface area contributed by atoms with Gasteiger partial charge in [0, 0.05) is 32.1 Å². The molecule has 3 rings (SSSR count). The van der Waals surface area contributed by atoms with E-state index >= 15 is 0 Å². The second kappa shape index (κ2) is 8.19. The fraction of sp³-hybridized carbons (Fsp3) is 0.444. The smallest absolute Gasteiger partial charge is 0.416 e. The number of morpholine rings is 1. The number of rotatable bonds is 4. The van der Waals surface area contributed by atoms with Gasteiger partial charge in [0.25, 0.3) is 0 Å². The van der Waals surface area contributed by atoms with Gasteiger partial charge in [-0.15, -0.1) is 10.2 Å². The van der Waals surface area contributed by atoms with Gasteiger partial charge in [-0.3, -0.25) is 4.79 Å². The number of amides is 1. The van der Waals surface area contributed by atoms with E-state index in [0.29, 0.717) is 43.9 Å². The van der Waals surface area contributed by atoms with Gasteiger partial charge < -0.3 is 20.1 Å². The van der Waals surface area contributed by atoms with E-state index < -0.39 is 17.5 Å². The first-order valence-corrected chi connectivity index (χ1v) is 8.88. The third-order valence-electron chi connectivity index (χ3n) is 4.43. The van der Waals surface area contributed by atoms with E-state index in [1.807, 2.05) is 4.90 Å². The Hall–Kier alpha value is -2.95. The van der Waals surface area contributed by atoms with Crippen LogP contribution in [0.2, 0.25) is 0 Å². The summed E-state index contributed by atoms with van der Waals surface area (Å²) in [5, 5.41) is 20.9. The van der Waals surface area contributed by atoms with Crippen molar-refractivity contribution in [2.24, 2.45) is 0 Å². The van der Waals surface area contributed by atoms with Gasteiger partial charge in [0.2, 0.25) is 11.9 Å². The molecule has 1 saturated heterocycles. The van der Waals surface area contributed by atoms with Crippen LogP contribution in [0.4, 0.5) is 19.1 Å². The molecule has 2 heterocycles. The molecular formula is C18H20F3N5O3. The minimum atomic E-state index is -4.55. The molecule has 1 unspecified atom stereocenters. The maximum Gasteiger partial charge on any atom is 0.416 e. The number of hydrogen-bond donors (Lipinski definition) is 2. The first kappa shape index (κ1) is 20.8. The number of aromatic hydroxyl groups is 1. The highest BCUT2D eigenvalue weighted by Gasteiger charge is 2.31. The van der Waals surface area contributed by atoms with Crippen LogP contribution in [-0.2, 0) is 15.7 Å². The van der Waals surface area contributed by atoms with E-state index in [4.69, 9.17) is 4.74 Å². The van der Waals surface area contributed by atoms with Gasteiger partial charge in [-0.05, 0) is 25.1 Å². The van der Waals surface area contributed by atoms with Crippen LogP contribution in [0.1, 0.15) is 18.2 Å². The van der Waals surface area contributed by atoms with Crippen LogP contribution in [0.25, 0.3) is 11.3 Å². The fourth-order valence-electron chi connectivity index (χ4n) is 2.97. The molecule has 0 spiro atoms. The molecule has 1 aromatic heterocycles. The standard InChI is InChI=1S/C18H20F3N5O3/c1-10-16(14-4-3-12(7-15(14)28)18(19,20)21)24-25-17(23-10)26-5-6-29-13(9-26)8-22-11(2)27/h3-4,7,13,28H,5-6,8-9H2,1-2H3,(H,22,27). The number of halogens is 3. The molecule has 1 atom stereocenters. The lowest BCUT2D eigenvalue weighted by Gasteiger charge is -2.32. The van der Waals surface area contributed by atoms with Gasteiger partial charge in [-0.25, -0.2) is 4.98 Å². The predicted molar refractivity (Wildman–Crippen MR) is 97.3 cm³/mol. The summed E-state index contributed by atoms with van der Waals surface area (Å²) in [5.41, 5.74) is -0.224. The van der Waals surface area contributed by atoms with Crippen LogP contribution in [0.3, 0.4) is 0 Å². The number of nitrogens with zero attached hydrogens (tertiary/aromatic N) is 4. The largest absolute Gasteiger partial charge is 0.507 e. The average molecular weight is 411 g/mol. The summed E-state index contributed by atoms with van der Waals surface area (Å²) in [7, 11) is 0. The van der Waals surface area contributed by atoms with E-state index in [1.54, 1.807) is 6.92 Å². The number of benzene rings is 1. The molecule has 2 N–H and O–H groups in total. The van der Waals surface area contributed by atoms with Crippen molar-refractivity contribution >= 4 is 11.9 Å². The molecule has 2 aromatic rings. The third-order valence-corrected chi connectivity index (χ3v) is 4.43. The topological polar surface area (TPSA) is 100 Å². The minimum absolute atomic E-state index is 0.118. The van der Waals surface area contributed by atoms with E-state index in [9.17, 15) is 23.1 Å². The number of phenolic OH excluding ortho intramolecular Hbond substituents is 1. The summed E-state index contributed by atoms with van der Waals surface area (Å²) in [5.74, 6) is -0.359. The highest BCUT2D eigenvalue weighted by molar-refractivity contribution is 5.72. The number of nitrogens with one attached hydrogen (secondary N) is 1. The lowest BCUT2D eigenvalue weighted by Crippen LogP contribution is -2.48. The maximum atomic E-state index is 12.8. The summed E-state index contributed by atoms with van der Waals surface area (Å²) in [6.45, 7) is 4.82. The van der Waals surface area contributed by atoms with Crippen molar-refractivity contribution in [2.45, 2.75) is 26.1 Å². The zero-order valence-electron chi connectivity index (χ0n) is 15.8. The van der Waals surface area contributed by atoms with Crippen molar-refractivity contribution in [3.63, 3.8) is 0 Å². The number of carbonyl (C=O) groups is 1. The van der Waals surface area contributed by atoms with Crippen molar-refractivity contribution in [1.82, 2.24) is 20.5 Å². The molecule has 1 fully saturated rings. The zero-order valence-corrected chi connectivity index (χ0v) is 15.8. The quantitative estimate of drug-likeness (QED) is 0.793. The molecule has 0 aliphatic carbocycles. The second-order valence-corrected chi connectivity index (χ2v) is 6.65. The molecule has 1 aliphatic rings. The van der Waals surface area contributed by atoms with Gasteiger partial charge in [-0.2, -0.15) is 13.2 Å². The van der Waals surface area contributed by atoms with Gasteiger partial charge in [0.15, 0.2) is 0 Å². The maximum absolute atomic E-state index is 12.8. The molecule has 11 heteroatoms. The molecule has 0 radical (unpaired) electrons. The van der Waals surface area contributed by atoms with Gasteiger partial charge in [-0.1, -0.05) is 0 Å². The Kier molecular flexibility index (Phi) is 5.87. The third kappa shape index (κ3) is 4.91. The van der Waals surface area contributed by atoms with Crippen LogP contribution in [0.5, 0.6) is 5.75 Å². The van der Waals surface area contributed by atoms with Crippen LogP contribution < -0.4 is 10.2 Å². The molecule has 156 valence electrons. The predicted octanol–water partition coefficient (Wildman–Crippen LogP) is 1.91. The highest BCUT2D eigenvalue weighted by atomic mass is 19.4. The normalized spacial score (nSPS) is 17.3. The first-order valence-electron chi connectivity index (χ1n) is 8.88. The lowest BCUT2D eigenvalue weighted by molar-refractivity contribution is -0.137. The van der Waals surface area contributed by atoms with Crippen LogP contribution >= 0.6 is 0 Å².